The first-order chi connectivity index (χ1) is 8.11. The van der Waals surface area contributed by atoms with Crippen LogP contribution in [0.3, 0.4) is 0 Å². The minimum atomic E-state index is -0.216. The van der Waals surface area contributed by atoms with Gasteiger partial charge in [-0.25, -0.2) is 4.39 Å². The Kier molecular flexibility index (Phi) is 3.70. The molecule has 1 aliphatic rings. The molecule has 0 N–H and O–H groups in total. The van der Waals surface area contributed by atoms with Crippen LogP contribution in [0, 0.1) is 11.7 Å². The molecule has 0 spiro atoms. The SMILES string of the molecule is CCc1cc(F)c(OCC2CC2)cc1C(C)C. The summed E-state index contributed by atoms with van der Waals surface area (Å²) in [4.78, 5) is 0. The van der Waals surface area contributed by atoms with Gasteiger partial charge in [-0.15, -0.1) is 0 Å². The van der Waals surface area contributed by atoms with Crippen LogP contribution in [-0.2, 0) is 6.42 Å². The highest BCUT2D eigenvalue weighted by Gasteiger charge is 2.23. The van der Waals surface area contributed by atoms with Crippen LogP contribution in [0.1, 0.15) is 50.7 Å². The highest BCUT2D eigenvalue weighted by molar-refractivity contribution is 5.39. The summed E-state index contributed by atoms with van der Waals surface area (Å²) >= 11 is 0. The Hall–Kier alpha value is -1.05. The molecule has 0 atom stereocenters. The molecule has 2 rings (SSSR count). The Labute approximate surface area is 103 Å². The van der Waals surface area contributed by atoms with Crippen molar-refractivity contribution < 1.29 is 9.13 Å². The largest absolute Gasteiger partial charge is 0.490 e. The van der Waals surface area contributed by atoms with E-state index < -0.39 is 0 Å². The zero-order valence-corrected chi connectivity index (χ0v) is 10.9. The Bertz CT molecular complexity index is 394. The number of benzene rings is 1. The maximum absolute atomic E-state index is 13.8. The van der Waals surface area contributed by atoms with Crippen molar-refractivity contribution in [3.05, 3.63) is 29.1 Å². The zero-order valence-electron chi connectivity index (χ0n) is 10.9. The topological polar surface area (TPSA) is 9.23 Å². The van der Waals surface area contributed by atoms with Crippen molar-refractivity contribution in [2.75, 3.05) is 6.61 Å². The third-order valence-corrected chi connectivity index (χ3v) is 3.37. The Balaban J connectivity index is 2.21. The summed E-state index contributed by atoms with van der Waals surface area (Å²) in [5, 5.41) is 0. The number of hydrogen-bond donors (Lipinski definition) is 0. The standard InChI is InChI=1S/C15H21FO/c1-4-12-7-14(16)15(8-13(12)10(2)3)17-9-11-5-6-11/h7-8,10-11H,4-6,9H2,1-3H3. The van der Waals surface area contributed by atoms with Gasteiger partial charge in [0.1, 0.15) is 0 Å². The molecule has 1 saturated carbocycles. The average molecular weight is 236 g/mol. The second-order valence-electron chi connectivity index (χ2n) is 5.24. The number of ether oxygens (including phenoxy) is 1. The molecule has 1 aromatic carbocycles. The van der Waals surface area contributed by atoms with Gasteiger partial charge in [0.2, 0.25) is 0 Å². The third kappa shape index (κ3) is 2.99. The summed E-state index contributed by atoms with van der Waals surface area (Å²) in [6.07, 6.45) is 3.32. The summed E-state index contributed by atoms with van der Waals surface area (Å²) in [7, 11) is 0. The summed E-state index contributed by atoms with van der Waals surface area (Å²) in [5.74, 6) is 1.28. The quantitative estimate of drug-likeness (QED) is 0.740. The first-order valence-electron chi connectivity index (χ1n) is 6.57. The molecule has 0 heterocycles. The van der Waals surface area contributed by atoms with E-state index in [1.54, 1.807) is 6.07 Å². The van der Waals surface area contributed by atoms with Crippen molar-refractivity contribution in [1.29, 1.82) is 0 Å². The summed E-state index contributed by atoms with van der Waals surface area (Å²) < 4.78 is 19.4. The lowest BCUT2D eigenvalue weighted by Gasteiger charge is -2.15. The molecule has 0 aliphatic heterocycles. The number of aryl methyl sites for hydroxylation is 1. The fraction of sp³-hybridized carbons (Fsp3) is 0.600. The predicted molar refractivity (Wildman–Crippen MR) is 68.1 cm³/mol. The Morgan fingerprint density at radius 1 is 1.35 bits per heavy atom. The van der Waals surface area contributed by atoms with Crippen LogP contribution in [-0.4, -0.2) is 6.61 Å². The second-order valence-corrected chi connectivity index (χ2v) is 5.24. The molecule has 0 amide bonds. The van der Waals surface area contributed by atoms with Crippen LogP contribution in [0.25, 0.3) is 0 Å². The Morgan fingerprint density at radius 2 is 2.06 bits per heavy atom. The van der Waals surface area contributed by atoms with Gasteiger partial charge in [-0.1, -0.05) is 20.8 Å². The molecule has 1 aromatic rings. The van der Waals surface area contributed by atoms with Crippen molar-refractivity contribution in [3.8, 4) is 5.75 Å². The number of halogens is 1. The normalized spacial score (nSPS) is 15.4. The van der Waals surface area contributed by atoms with E-state index >= 15 is 0 Å². The smallest absolute Gasteiger partial charge is 0.165 e. The molecule has 0 unspecified atom stereocenters. The van der Waals surface area contributed by atoms with Crippen LogP contribution in [0.2, 0.25) is 0 Å². The van der Waals surface area contributed by atoms with Gasteiger partial charge in [0.25, 0.3) is 0 Å². The van der Waals surface area contributed by atoms with E-state index in [0.717, 1.165) is 12.0 Å². The summed E-state index contributed by atoms with van der Waals surface area (Å²) in [5.41, 5.74) is 2.30. The van der Waals surface area contributed by atoms with Gasteiger partial charge in [-0.2, -0.15) is 0 Å². The van der Waals surface area contributed by atoms with Crippen molar-refractivity contribution >= 4 is 0 Å². The van der Waals surface area contributed by atoms with Gasteiger partial charge in [-0.05, 0) is 54.4 Å². The molecule has 1 nitrogen and oxygen atoms in total. The van der Waals surface area contributed by atoms with E-state index in [-0.39, 0.29) is 5.82 Å². The van der Waals surface area contributed by atoms with Crippen LogP contribution in [0.15, 0.2) is 12.1 Å². The molecule has 0 saturated heterocycles. The fourth-order valence-corrected chi connectivity index (χ4v) is 2.06. The Morgan fingerprint density at radius 3 is 2.59 bits per heavy atom. The highest BCUT2D eigenvalue weighted by Crippen LogP contribution is 2.32. The molecular formula is C15H21FO. The van der Waals surface area contributed by atoms with Crippen molar-refractivity contribution in [3.63, 3.8) is 0 Å². The van der Waals surface area contributed by atoms with Gasteiger partial charge in [0.15, 0.2) is 11.6 Å². The number of rotatable bonds is 5. The van der Waals surface area contributed by atoms with Crippen LogP contribution >= 0.6 is 0 Å². The molecular weight excluding hydrogens is 215 g/mol. The lowest BCUT2D eigenvalue weighted by atomic mass is 9.95. The van der Waals surface area contributed by atoms with Crippen molar-refractivity contribution in [2.24, 2.45) is 5.92 Å². The van der Waals surface area contributed by atoms with E-state index in [2.05, 4.69) is 20.8 Å². The van der Waals surface area contributed by atoms with Crippen LogP contribution in [0.5, 0.6) is 5.75 Å². The average Bonchev–Trinajstić information content (AvgIpc) is 3.10. The van der Waals surface area contributed by atoms with E-state index in [1.165, 1.54) is 18.4 Å². The number of hydrogen-bond acceptors (Lipinski definition) is 1. The van der Waals surface area contributed by atoms with Gasteiger partial charge < -0.3 is 4.74 Å². The lowest BCUT2D eigenvalue weighted by molar-refractivity contribution is 0.284. The van der Waals surface area contributed by atoms with Gasteiger partial charge in [0.05, 0.1) is 6.61 Å². The third-order valence-electron chi connectivity index (χ3n) is 3.37. The monoisotopic (exact) mass is 236 g/mol. The van der Waals surface area contributed by atoms with E-state index in [0.29, 0.717) is 24.2 Å². The fourth-order valence-electron chi connectivity index (χ4n) is 2.06. The maximum atomic E-state index is 13.8. The molecule has 17 heavy (non-hydrogen) atoms. The van der Waals surface area contributed by atoms with E-state index in [1.807, 2.05) is 6.07 Å². The second kappa shape index (κ2) is 5.07. The van der Waals surface area contributed by atoms with E-state index in [4.69, 9.17) is 4.74 Å². The lowest BCUT2D eigenvalue weighted by Crippen LogP contribution is -2.04. The van der Waals surface area contributed by atoms with Gasteiger partial charge in [0, 0.05) is 0 Å². The van der Waals surface area contributed by atoms with Crippen LogP contribution in [0.4, 0.5) is 4.39 Å². The molecule has 2 heteroatoms. The predicted octanol–water partition coefficient (Wildman–Crippen LogP) is 4.30. The first-order valence-corrected chi connectivity index (χ1v) is 6.57. The van der Waals surface area contributed by atoms with Crippen molar-refractivity contribution in [2.45, 2.75) is 46.0 Å². The molecule has 0 aromatic heterocycles. The summed E-state index contributed by atoms with van der Waals surface area (Å²) in [6.45, 7) is 7.00. The highest BCUT2D eigenvalue weighted by atomic mass is 19.1. The molecule has 94 valence electrons. The van der Waals surface area contributed by atoms with E-state index in [9.17, 15) is 4.39 Å². The molecule has 1 aliphatic carbocycles. The van der Waals surface area contributed by atoms with Crippen LogP contribution < -0.4 is 4.74 Å². The van der Waals surface area contributed by atoms with Gasteiger partial charge >= 0.3 is 0 Å². The molecule has 1 fully saturated rings. The van der Waals surface area contributed by atoms with Crippen molar-refractivity contribution in [1.82, 2.24) is 0 Å². The maximum Gasteiger partial charge on any atom is 0.165 e. The minimum absolute atomic E-state index is 0.216. The zero-order chi connectivity index (χ0) is 12.4. The minimum Gasteiger partial charge on any atom is -0.490 e. The first kappa shape index (κ1) is 12.4. The molecule has 0 radical (unpaired) electrons. The summed E-state index contributed by atoms with van der Waals surface area (Å²) in [6, 6.07) is 3.53. The molecule has 0 bridgehead atoms. The van der Waals surface area contributed by atoms with Gasteiger partial charge in [-0.3, -0.25) is 0 Å².